The van der Waals surface area contributed by atoms with Crippen LogP contribution < -0.4 is 0 Å². The Morgan fingerprint density at radius 2 is 2.11 bits per heavy atom. The molecular formula is C14H20O4. The van der Waals surface area contributed by atoms with Crippen molar-refractivity contribution >= 4 is 0 Å². The van der Waals surface area contributed by atoms with Crippen molar-refractivity contribution in [3.05, 3.63) is 35.9 Å². The van der Waals surface area contributed by atoms with E-state index in [0.29, 0.717) is 13.0 Å². The van der Waals surface area contributed by atoms with Gasteiger partial charge in [-0.3, -0.25) is 0 Å². The molecule has 100 valence electrons. The van der Waals surface area contributed by atoms with Gasteiger partial charge in [0.1, 0.15) is 17.8 Å². The van der Waals surface area contributed by atoms with Gasteiger partial charge in [0.2, 0.25) is 0 Å². The average Bonchev–Trinajstić information content (AvgIpc) is 2.75. The summed E-state index contributed by atoms with van der Waals surface area (Å²) in [5.41, 5.74) is 0.272. The van der Waals surface area contributed by atoms with Gasteiger partial charge < -0.3 is 19.7 Å². The smallest absolute Gasteiger partial charge is 0.120 e. The molecule has 2 rings (SSSR count). The summed E-state index contributed by atoms with van der Waals surface area (Å²) in [6, 6.07) is 9.77. The molecule has 0 amide bonds. The highest BCUT2D eigenvalue weighted by molar-refractivity contribution is 5.13. The number of hydrogen-bond acceptors (Lipinski definition) is 4. The molecule has 0 bridgehead atoms. The van der Waals surface area contributed by atoms with Crippen molar-refractivity contribution in [2.24, 2.45) is 0 Å². The molecule has 1 aromatic rings. The fraction of sp³-hybridized carbons (Fsp3) is 0.571. The summed E-state index contributed by atoms with van der Waals surface area (Å²) in [6.07, 6.45) is -0.548. The summed E-state index contributed by atoms with van der Waals surface area (Å²) in [4.78, 5) is 0. The third-order valence-corrected chi connectivity index (χ3v) is 3.55. The van der Waals surface area contributed by atoms with Crippen molar-refractivity contribution in [1.82, 2.24) is 0 Å². The minimum absolute atomic E-state index is 0.139. The van der Waals surface area contributed by atoms with Crippen molar-refractivity contribution in [2.75, 3.05) is 13.2 Å². The first-order valence-corrected chi connectivity index (χ1v) is 6.30. The van der Waals surface area contributed by atoms with Gasteiger partial charge in [-0.15, -0.1) is 0 Å². The molecule has 3 atom stereocenters. The monoisotopic (exact) mass is 252 g/mol. The van der Waals surface area contributed by atoms with Crippen molar-refractivity contribution in [2.45, 2.75) is 37.8 Å². The van der Waals surface area contributed by atoms with Gasteiger partial charge in [-0.05, 0) is 12.0 Å². The van der Waals surface area contributed by atoms with Crippen LogP contribution >= 0.6 is 0 Å². The number of aliphatic hydroxyl groups is 2. The van der Waals surface area contributed by atoms with E-state index in [9.17, 15) is 10.2 Å². The number of ether oxygens (including phenoxy) is 2. The van der Waals surface area contributed by atoms with Crippen LogP contribution in [0.3, 0.4) is 0 Å². The molecule has 4 nitrogen and oxygen atoms in total. The van der Waals surface area contributed by atoms with Crippen molar-refractivity contribution in [3.8, 4) is 0 Å². The number of benzene rings is 1. The van der Waals surface area contributed by atoms with Crippen LogP contribution in [-0.4, -0.2) is 41.2 Å². The van der Waals surface area contributed by atoms with E-state index >= 15 is 0 Å². The zero-order chi connectivity index (χ0) is 13.0. The predicted molar refractivity (Wildman–Crippen MR) is 67.1 cm³/mol. The second-order valence-corrected chi connectivity index (χ2v) is 4.67. The predicted octanol–water partition coefficient (Wildman–Crippen LogP) is 1.10. The lowest BCUT2D eigenvalue weighted by Crippen LogP contribution is -2.47. The van der Waals surface area contributed by atoms with E-state index < -0.39 is 17.8 Å². The highest BCUT2D eigenvalue weighted by atomic mass is 16.6. The molecule has 0 aromatic heterocycles. The van der Waals surface area contributed by atoms with Crippen LogP contribution in [0.2, 0.25) is 0 Å². The van der Waals surface area contributed by atoms with Gasteiger partial charge in [0.15, 0.2) is 0 Å². The lowest BCUT2D eigenvalue weighted by molar-refractivity contribution is -0.127. The van der Waals surface area contributed by atoms with Gasteiger partial charge in [-0.1, -0.05) is 37.3 Å². The Morgan fingerprint density at radius 1 is 1.39 bits per heavy atom. The van der Waals surface area contributed by atoms with Gasteiger partial charge in [0.05, 0.1) is 19.8 Å². The lowest BCUT2D eigenvalue weighted by atomic mass is 9.93. The molecule has 0 aliphatic carbocycles. The van der Waals surface area contributed by atoms with Crippen LogP contribution in [0.25, 0.3) is 0 Å². The van der Waals surface area contributed by atoms with E-state index in [1.54, 1.807) is 0 Å². The number of aliphatic hydroxyl groups excluding tert-OH is 2. The molecule has 1 fully saturated rings. The molecule has 0 unspecified atom stereocenters. The fourth-order valence-corrected chi connectivity index (χ4v) is 2.35. The maximum absolute atomic E-state index is 9.90. The third-order valence-electron chi connectivity index (χ3n) is 3.55. The zero-order valence-corrected chi connectivity index (χ0v) is 10.6. The summed E-state index contributed by atoms with van der Waals surface area (Å²) in [6.45, 7) is 2.41. The molecular weight excluding hydrogens is 232 g/mol. The van der Waals surface area contributed by atoms with E-state index in [2.05, 4.69) is 0 Å². The Hall–Kier alpha value is -0.940. The maximum Gasteiger partial charge on any atom is 0.120 e. The minimum Gasteiger partial charge on any atom is -0.393 e. The van der Waals surface area contributed by atoms with Crippen LogP contribution in [0.15, 0.2) is 30.3 Å². The Morgan fingerprint density at radius 3 is 2.72 bits per heavy atom. The molecule has 1 aliphatic heterocycles. The molecule has 0 radical (unpaired) electrons. The van der Waals surface area contributed by atoms with E-state index in [0.717, 1.165) is 5.56 Å². The number of rotatable bonds is 5. The maximum atomic E-state index is 9.90. The van der Waals surface area contributed by atoms with Gasteiger partial charge >= 0.3 is 0 Å². The normalized spacial score (nSPS) is 31.7. The van der Waals surface area contributed by atoms with E-state index in [4.69, 9.17) is 9.47 Å². The van der Waals surface area contributed by atoms with Crippen molar-refractivity contribution in [1.29, 1.82) is 0 Å². The van der Waals surface area contributed by atoms with Crippen LogP contribution in [0.1, 0.15) is 18.9 Å². The number of hydrogen-bond donors (Lipinski definition) is 2. The first kappa shape index (κ1) is 13.5. The van der Waals surface area contributed by atoms with Gasteiger partial charge in [0.25, 0.3) is 0 Å². The topological polar surface area (TPSA) is 58.9 Å². The molecule has 1 heterocycles. The SMILES string of the molecule is CC[C@]1(CO)OC[C@H](O)[C@@H]1OCc1ccccc1. The van der Waals surface area contributed by atoms with E-state index in [1.165, 1.54) is 0 Å². The molecule has 1 saturated heterocycles. The van der Waals surface area contributed by atoms with Crippen LogP contribution in [0.5, 0.6) is 0 Å². The summed E-state index contributed by atoms with van der Waals surface area (Å²) >= 11 is 0. The van der Waals surface area contributed by atoms with E-state index in [1.807, 2.05) is 37.3 Å². The lowest BCUT2D eigenvalue weighted by Gasteiger charge is -2.32. The molecule has 0 saturated carbocycles. The average molecular weight is 252 g/mol. The molecule has 0 spiro atoms. The Balaban J connectivity index is 2.02. The van der Waals surface area contributed by atoms with Crippen LogP contribution in [0.4, 0.5) is 0 Å². The molecule has 4 heteroatoms. The van der Waals surface area contributed by atoms with Crippen LogP contribution in [-0.2, 0) is 16.1 Å². The van der Waals surface area contributed by atoms with Gasteiger partial charge in [-0.25, -0.2) is 0 Å². The molecule has 2 N–H and O–H groups in total. The first-order chi connectivity index (χ1) is 8.72. The highest BCUT2D eigenvalue weighted by Crippen LogP contribution is 2.32. The van der Waals surface area contributed by atoms with E-state index in [-0.39, 0.29) is 13.2 Å². The molecule has 18 heavy (non-hydrogen) atoms. The summed E-state index contributed by atoms with van der Waals surface area (Å²) in [5, 5.41) is 19.4. The Bertz CT molecular complexity index is 361. The van der Waals surface area contributed by atoms with Crippen molar-refractivity contribution in [3.63, 3.8) is 0 Å². The molecule has 1 aliphatic rings. The second kappa shape index (κ2) is 5.80. The van der Waals surface area contributed by atoms with Gasteiger partial charge in [0, 0.05) is 0 Å². The molecule has 1 aromatic carbocycles. The first-order valence-electron chi connectivity index (χ1n) is 6.30. The van der Waals surface area contributed by atoms with Crippen LogP contribution in [0, 0.1) is 0 Å². The fourth-order valence-electron chi connectivity index (χ4n) is 2.35. The minimum atomic E-state index is -0.770. The zero-order valence-electron chi connectivity index (χ0n) is 10.6. The quantitative estimate of drug-likeness (QED) is 0.824. The highest BCUT2D eigenvalue weighted by Gasteiger charge is 2.49. The van der Waals surface area contributed by atoms with Crippen molar-refractivity contribution < 1.29 is 19.7 Å². The second-order valence-electron chi connectivity index (χ2n) is 4.67. The summed E-state index contributed by atoms with van der Waals surface area (Å²) < 4.78 is 11.3. The largest absolute Gasteiger partial charge is 0.393 e. The summed E-state index contributed by atoms with van der Waals surface area (Å²) in [5.74, 6) is 0. The summed E-state index contributed by atoms with van der Waals surface area (Å²) in [7, 11) is 0. The third kappa shape index (κ3) is 2.57. The van der Waals surface area contributed by atoms with Gasteiger partial charge in [-0.2, -0.15) is 0 Å². The standard InChI is InChI=1S/C14H20O4/c1-2-14(10-15)13(12(16)9-18-14)17-8-11-6-4-3-5-7-11/h3-7,12-13,15-16H,2,8-10H2,1H3/t12-,13-,14+/m0/s1. The Labute approximate surface area is 107 Å². The Kier molecular flexibility index (Phi) is 4.35.